The zero-order valence-corrected chi connectivity index (χ0v) is 13.4. The fraction of sp³-hybridized carbons (Fsp3) is 0.533. The summed E-state index contributed by atoms with van der Waals surface area (Å²) >= 11 is 3.34. The Balaban J connectivity index is 2.24. The zero-order chi connectivity index (χ0) is 14.3. The molecule has 0 fully saturated rings. The van der Waals surface area contributed by atoms with Crippen molar-refractivity contribution in [2.45, 2.75) is 25.2 Å². The van der Waals surface area contributed by atoms with Gasteiger partial charge >= 0.3 is 5.97 Å². The molecule has 0 aliphatic rings. The van der Waals surface area contributed by atoms with Gasteiger partial charge in [-0.1, -0.05) is 60.1 Å². The van der Waals surface area contributed by atoms with Crippen LogP contribution in [0.5, 0.6) is 0 Å². The smallest absolute Gasteiger partial charge is 0.320 e. The summed E-state index contributed by atoms with van der Waals surface area (Å²) in [5, 5.41) is 0. The van der Waals surface area contributed by atoms with Gasteiger partial charge in [0.05, 0.1) is 0 Å². The van der Waals surface area contributed by atoms with Crippen molar-refractivity contribution in [3.63, 3.8) is 0 Å². The van der Waals surface area contributed by atoms with E-state index in [1.165, 1.54) is 5.56 Å². The Morgan fingerprint density at radius 3 is 2.53 bits per heavy atom. The Kier molecular flexibility index (Phi) is 7.10. The summed E-state index contributed by atoms with van der Waals surface area (Å²) in [7, 11) is 2.02. The van der Waals surface area contributed by atoms with Crippen molar-refractivity contribution in [1.82, 2.24) is 4.90 Å². The molecule has 4 heteroatoms. The number of ether oxygens (including phenoxy) is 1. The Hall–Kier alpha value is -0.870. The van der Waals surface area contributed by atoms with E-state index in [0.717, 1.165) is 13.1 Å². The molecule has 19 heavy (non-hydrogen) atoms. The fourth-order valence-electron chi connectivity index (χ4n) is 1.63. The first-order chi connectivity index (χ1) is 9.00. The Labute approximate surface area is 124 Å². The molecule has 0 aliphatic heterocycles. The van der Waals surface area contributed by atoms with Crippen molar-refractivity contribution < 1.29 is 9.53 Å². The van der Waals surface area contributed by atoms with Crippen LogP contribution in [0.15, 0.2) is 30.3 Å². The van der Waals surface area contributed by atoms with Crippen molar-refractivity contribution in [2.24, 2.45) is 5.92 Å². The summed E-state index contributed by atoms with van der Waals surface area (Å²) in [6.45, 7) is 6.00. The normalized spacial score (nSPS) is 12.7. The molecule has 106 valence electrons. The first-order valence-corrected chi connectivity index (χ1v) is 7.45. The van der Waals surface area contributed by atoms with Gasteiger partial charge in [0.2, 0.25) is 0 Å². The Bertz CT molecular complexity index is 381. The summed E-state index contributed by atoms with van der Waals surface area (Å²) in [6, 6.07) is 10.3. The number of halogens is 1. The minimum absolute atomic E-state index is 0.178. The number of carbonyl (C=O) groups is 1. The number of carbonyl (C=O) groups excluding carboxylic acids is 1. The van der Waals surface area contributed by atoms with Gasteiger partial charge in [0.25, 0.3) is 0 Å². The van der Waals surface area contributed by atoms with E-state index in [1.54, 1.807) is 0 Å². The molecule has 0 heterocycles. The first-order valence-electron chi connectivity index (χ1n) is 6.54. The standard InChI is InChI=1S/C15H22BrNO2/c1-12(2)14(16)15(18)19-10-9-17(3)11-13-7-5-4-6-8-13/h4-8,12,14H,9-11H2,1-3H3/t14-/m0/s1. The van der Waals surface area contributed by atoms with Crippen LogP contribution in [0, 0.1) is 5.92 Å². The largest absolute Gasteiger partial charge is 0.463 e. The van der Waals surface area contributed by atoms with Crippen LogP contribution >= 0.6 is 15.9 Å². The molecule has 0 aromatic heterocycles. The second-order valence-electron chi connectivity index (χ2n) is 5.04. The molecule has 0 saturated heterocycles. The fourth-order valence-corrected chi connectivity index (χ4v) is 1.76. The zero-order valence-electron chi connectivity index (χ0n) is 11.8. The summed E-state index contributed by atoms with van der Waals surface area (Å²) in [5.41, 5.74) is 1.26. The van der Waals surface area contributed by atoms with Gasteiger partial charge in [0.1, 0.15) is 11.4 Å². The Morgan fingerprint density at radius 1 is 1.32 bits per heavy atom. The molecule has 1 aromatic carbocycles. The lowest BCUT2D eigenvalue weighted by Gasteiger charge is -2.18. The van der Waals surface area contributed by atoms with Crippen LogP contribution in [0.25, 0.3) is 0 Å². The third-order valence-electron chi connectivity index (χ3n) is 2.82. The van der Waals surface area contributed by atoms with E-state index in [2.05, 4.69) is 33.0 Å². The number of hydrogen-bond donors (Lipinski definition) is 0. The number of esters is 1. The summed E-state index contributed by atoms with van der Waals surface area (Å²) in [6.07, 6.45) is 0. The minimum atomic E-state index is -0.216. The molecule has 0 spiro atoms. The van der Waals surface area contributed by atoms with Crippen LogP contribution in [0.3, 0.4) is 0 Å². The quantitative estimate of drug-likeness (QED) is 0.569. The molecule has 0 aliphatic carbocycles. The molecule has 1 rings (SSSR count). The lowest BCUT2D eigenvalue weighted by Crippen LogP contribution is -2.28. The third kappa shape index (κ3) is 6.21. The highest BCUT2D eigenvalue weighted by Gasteiger charge is 2.19. The van der Waals surface area contributed by atoms with Crippen LogP contribution in [-0.4, -0.2) is 35.9 Å². The molecular weight excluding hydrogens is 306 g/mol. The summed E-state index contributed by atoms with van der Waals surface area (Å²) < 4.78 is 5.25. The van der Waals surface area contributed by atoms with Gasteiger partial charge in [0.15, 0.2) is 0 Å². The predicted octanol–water partition coefficient (Wildman–Crippen LogP) is 3.08. The molecule has 0 saturated carbocycles. The van der Waals surface area contributed by atoms with Crippen molar-refractivity contribution >= 4 is 21.9 Å². The first kappa shape index (κ1) is 16.2. The summed E-state index contributed by atoms with van der Waals surface area (Å²) in [5.74, 6) is 0.0673. The average Bonchev–Trinajstić information content (AvgIpc) is 2.38. The number of hydrogen-bond acceptors (Lipinski definition) is 3. The van der Waals surface area contributed by atoms with E-state index in [0.29, 0.717) is 6.61 Å². The van der Waals surface area contributed by atoms with Crippen molar-refractivity contribution in [1.29, 1.82) is 0 Å². The monoisotopic (exact) mass is 327 g/mol. The minimum Gasteiger partial charge on any atom is -0.463 e. The van der Waals surface area contributed by atoms with E-state index in [1.807, 2.05) is 39.1 Å². The molecule has 0 amide bonds. The van der Waals surface area contributed by atoms with Crippen LogP contribution < -0.4 is 0 Å². The molecule has 3 nitrogen and oxygen atoms in total. The second-order valence-corrected chi connectivity index (χ2v) is 6.02. The van der Waals surface area contributed by atoms with Gasteiger partial charge in [-0.3, -0.25) is 9.69 Å². The summed E-state index contributed by atoms with van der Waals surface area (Å²) in [4.78, 5) is 13.6. The van der Waals surface area contributed by atoms with E-state index >= 15 is 0 Å². The maximum absolute atomic E-state index is 11.6. The van der Waals surface area contributed by atoms with Gasteiger partial charge in [-0.15, -0.1) is 0 Å². The number of likely N-dealkylation sites (N-methyl/N-ethyl adjacent to an activating group) is 1. The van der Waals surface area contributed by atoms with Crippen LogP contribution in [0.4, 0.5) is 0 Å². The maximum atomic E-state index is 11.6. The van der Waals surface area contributed by atoms with Gasteiger partial charge in [-0.25, -0.2) is 0 Å². The van der Waals surface area contributed by atoms with Gasteiger partial charge in [0, 0.05) is 13.1 Å². The van der Waals surface area contributed by atoms with Crippen molar-refractivity contribution in [3.8, 4) is 0 Å². The van der Waals surface area contributed by atoms with E-state index < -0.39 is 0 Å². The molecule has 0 unspecified atom stereocenters. The van der Waals surface area contributed by atoms with E-state index in [-0.39, 0.29) is 16.7 Å². The molecule has 1 atom stereocenters. The number of rotatable bonds is 7. The Morgan fingerprint density at radius 2 is 1.95 bits per heavy atom. The number of nitrogens with zero attached hydrogens (tertiary/aromatic N) is 1. The highest BCUT2D eigenvalue weighted by atomic mass is 79.9. The SMILES string of the molecule is CC(C)[C@H](Br)C(=O)OCCN(C)Cc1ccccc1. The highest BCUT2D eigenvalue weighted by Crippen LogP contribution is 2.13. The second kappa shape index (κ2) is 8.33. The topological polar surface area (TPSA) is 29.5 Å². The third-order valence-corrected chi connectivity index (χ3v) is 4.25. The van der Waals surface area contributed by atoms with Crippen LogP contribution in [0.2, 0.25) is 0 Å². The average molecular weight is 328 g/mol. The van der Waals surface area contributed by atoms with Gasteiger partial charge < -0.3 is 4.74 Å². The van der Waals surface area contributed by atoms with Crippen LogP contribution in [-0.2, 0) is 16.1 Å². The predicted molar refractivity (Wildman–Crippen MR) is 81.3 cm³/mol. The number of benzene rings is 1. The molecular formula is C15H22BrNO2. The molecule has 0 radical (unpaired) electrons. The number of alkyl halides is 1. The highest BCUT2D eigenvalue weighted by molar-refractivity contribution is 9.10. The van der Waals surface area contributed by atoms with Crippen LogP contribution in [0.1, 0.15) is 19.4 Å². The maximum Gasteiger partial charge on any atom is 0.320 e. The molecule has 0 N–H and O–H groups in total. The van der Waals surface area contributed by atoms with Crippen molar-refractivity contribution in [3.05, 3.63) is 35.9 Å². The lowest BCUT2D eigenvalue weighted by atomic mass is 10.1. The van der Waals surface area contributed by atoms with Gasteiger partial charge in [-0.2, -0.15) is 0 Å². The lowest BCUT2D eigenvalue weighted by molar-refractivity contribution is -0.143. The van der Waals surface area contributed by atoms with E-state index in [4.69, 9.17) is 4.74 Å². The van der Waals surface area contributed by atoms with Gasteiger partial charge in [-0.05, 0) is 18.5 Å². The van der Waals surface area contributed by atoms with E-state index in [9.17, 15) is 4.79 Å². The molecule has 1 aromatic rings. The van der Waals surface area contributed by atoms with Crippen molar-refractivity contribution in [2.75, 3.05) is 20.2 Å². The molecule has 0 bridgehead atoms.